The molecule has 0 aromatic carbocycles. The number of carbonyl (C=O) groups is 1. The summed E-state index contributed by atoms with van der Waals surface area (Å²) in [5.74, 6) is -0.802. The van der Waals surface area contributed by atoms with E-state index in [1.54, 1.807) is 12.4 Å². The molecule has 11 nitrogen and oxygen atoms in total. The van der Waals surface area contributed by atoms with Crippen molar-refractivity contribution < 1.29 is 39.4 Å². The van der Waals surface area contributed by atoms with E-state index in [1.807, 2.05) is 15.7 Å². The largest absolute Gasteiger partial charge is 0.471 e. The summed E-state index contributed by atoms with van der Waals surface area (Å²) in [4.78, 5) is 19.3. The number of rotatable bonds is 4. The van der Waals surface area contributed by atoms with E-state index in [-0.39, 0.29) is 18.0 Å². The molecule has 4 aliphatic rings. The number of carbonyl (C=O) groups excluding carboxylic acids is 1. The van der Waals surface area contributed by atoms with Gasteiger partial charge in [-0.15, -0.1) is 6.58 Å². The van der Waals surface area contributed by atoms with E-state index in [0.717, 1.165) is 12.1 Å². The zero-order valence-electron chi connectivity index (χ0n) is 17.3. The molecule has 1 amide bonds. The Kier molecular flexibility index (Phi) is 5.56. The van der Waals surface area contributed by atoms with Gasteiger partial charge in [-0.3, -0.25) is 4.79 Å². The van der Waals surface area contributed by atoms with Crippen LogP contribution in [-0.2, 0) is 25.4 Å². The van der Waals surface area contributed by atoms with Gasteiger partial charge in [-0.1, -0.05) is 6.08 Å². The molecule has 5 rings (SSSR count). The second-order valence-electron chi connectivity index (χ2n) is 8.59. The van der Waals surface area contributed by atoms with E-state index in [0.29, 0.717) is 18.5 Å². The summed E-state index contributed by atoms with van der Waals surface area (Å²) >= 11 is 0. The molecule has 4 N–H and O–H groups in total. The summed E-state index contributed by atoms with van der Waals surface area (Å²) in [6.45, 7) is 3.93. The van der Waals surface area contributed by atoms with Crippen LogP contribution in [0.25, 0.3) is 0 Å². The quantitative estimate of drug-likeness (QED) is 0.410. The van der Waals surface area contributed by atoms with Gasteiger partial charge in [-0.05, 0) is 6.42 Å². The van der Waals surface area contributed by atoms with Crippen LogP contribution in [0.15, 0.2) is 37.0 Å². The number of nitrogens with zero attached hydrogens (tertiary/aromatic N) is 3. The Morgan fingerprint density at radius 1 is 1.25 bits per heavy atom. The number of amides is 1. The fourth-order valence-corrected chi connectivity index (χ4v) is 5.12. The van der Waals surface area contributed by atoms with Crippen molar-refractivity contribution in [3.8, 4) is 0 Å². The number of fused-ring (bicyclic) bond motifs is 4. The normalized spacial score (nSPS) is 41.1. The van der Waals surface area contributed by atoms with E-state index >= 15 is 0 Å². The van der Waals surface area contributed by atoms with Crippen LogP contribution in [0.4, 0.5) is 0 Å². The third-order valence-corrected chi connectivity index (χ3v) is 6.90. The third-order valence-electron chi connectivity index (χ3n) is 6.90. The first-order valence-electron chi connectivity index (χ1n) is 10.7. The first kappa shape index (κ1) is 21.6. The number of hydrogen-bond donors (Lipinski definition) is 4. The van der Waals surface area contributed by atoms with Crippen LogP contribution < -0.4 is 0 Å². The molecule has 9 atom stereocenters. The molecule has 0 radical (unpaired) electrons. The summed E-state index contributed by atoms with van der Waals surface area (Å²) in [7, 11) is 0. The molecule has 0 aliphatic carbocycles. The topological polar surface area (TPSA) is 147 Å². The number of piperidine rings is 1. The van der Waals surface area contributed by atoms with Gasteiger partial charge in [0.1, 0.15) is 30.6 Å². The molecule has 0 saturated carbocycles. The summed E-state index contributed by atoms with van der Waals surface area (Å²) in [6, 6.07) is 0. The van der Waals surface area contributed by atoms with Gasteiger partial charge < -0.3 is 44.1 Å². The van der Waals surface area contributed by atoms with Gasteiger partial charge in [-0.25, -0.2) is 4.98 Å². The molecule has 174 valence electrons. The second-order valence-corrected chi connectivity index (χ2v) is 8.59. The van der Waals surface area contributed by atoms with Gasteiger partial charge in [-0.2, -0.15) is 0 Å². The highest BCUT2D eigenvalue weighted by atomic mass is 16.8. The number of hydrogen-bond acceptors (Lipinski definition) is 9. The second kappa shape index (κ2) is 8.25. The smallest absolute Gasteiger partial charge is 0.254 e. The van der Waals surface area contributed by atoms with Crippen molar-refractivity contribution in [1.29, 1.82) is 0 Å². The lowest BCUT2D eigenvalue weighted by molar-refractivity contribution is -0.339. The first-order chi connectivity index (χ1) is 15.4. The van der Waals surface area contributed by atoms with Crippen LogP contribution >= 0.6 is 0 Å². The fraction of sp³-hybridized carbons (Fsp3) is 0.619. The van der Waals surface area contributed by atoms with Crippen LogP contribution in [0.1, 0.15) is 18.3 Å². The minimum absolute atomic E-state index is 0.108. The molecule has 2 fully saturated rings. The van der Waals surface area contributed by atoms with Crippen molar-refractivity contribution in [1.82, 2.24) is 14.5 Å². The van der Waals surface area contributed by atoms with Gasteiger partial charge in [0.2, 0.25) is 6.29 Å². The number of aliphatic hydroxyl groups is 4. The minimum atomic E-state index is -1.56. The maximum Gasteiger partial charge on any atom is 0.254 e. The third kappa shape index (κ3) is 3.28. The highest BCUT2D eigenvalue weighted by molar-refractivity contribution is 5.95. The predicted molar refractivity (Wildman–Crippen MR) is 106 cm³/mol. The summed E-state index contributed by atoms with van der Waals surface area (Å²) in [5, 5.41) is 39.7. The maximum atomic E-state index is 13.2. The molecule has 0 unspecified atom stereocenters. The lowest BCUT2D eigenvalue weighted by Gasteiger charge is -2.48. The van der Waals surface area contributed by atoms with Crippen LogP contribution in [0.3, 0.4) is 0 Å². The van der Waals surface area contributed by atoms with Crippen LogP contribution in [0, 0.1) is 11.8 Å². The van der Waals surface area contributed by atoms with Gasteiger partial charge in [0, 0.05) is 36.7 Å². The minimum Gasteiger partial charge on any atom is -0.471 e. The van der Waals surface area contributed by atoms with E-state index in [4.69, 9.17) is 14.2 Å². The molecule has 4 aliphatic heterocycles. The van der Waals surface area contributed by atoms with Gasteiger partial charge in [0.05, 0.1) is 24.8 Å². The SMILES string of the molecule is C=C[C@H]1[C@H](O[C@@H]2O[C@H](CO)[C@@H](O)[C@H](O)[C@H]2O)OC=C2C(=O)N3CCc4cncn4[C@H]3C[C@H]21. The van der Waals surface area contributed by atoms with Crippen molar-refractivity contribution in [3.05, 3.63) is 42.7 Å². The van der Waals surface area contributed by atoms with Crippen molar-refractivity contribution in [3.63, 3.8) is 0 Å². The number of ether oxygens (including phenoxy) is 3. The van der Waals surface area contributed by atoms with Gasteiger partial charge in [0.15, 0.2) is 6.29 Å². The van der Waals surface area contributed by atoms with Crippen molar-refractivity contribution in [2.24, 2.45) is 11.8 Å². The first-order valence-corrected chi connectivity index (χ1v) is 10.7. The molecule has 2 saturated heterocycles. The van der Waals surface area contributed by atoms with E-state index in [2.05, 4.69) is 11.6 Å². The predicted octanol–water partition coefficient (Wildman–Crippen LogP) is -1.35. The Hall–Kier alpha value is -2.28. The Morgan fingerprint density at radius 3 is 2.81 bits per heavy atom. The Labute approximate surface area is 184 Å². The molecular weight excluding hydrogens is 422 g/mol. The standard InChI is InChI=1S/C21H27N3O8/c1-2-11-12-5-15-23(4-3-10-6-22-9-24(10)15)19(29)13(12)8-30-20(11)32-21-18(28)17(27)16(26)14(7-25)31-21/h2,6,8-9,11-12,14-18,20-21,25-28H,1,3-5,7H2/t11-,12+,14-,15+,16-,17+,18-,20+,21+/m1/s1. The zero-order chi connectivity index (χ0) is 22.6. The molecule has 11 heteroatoms. The molecular formula is C21H27N3O8. The lowest BCUT2D eigenvalue weighted by atomic mass is 9.77. The Balaban J connectivity index is 1.39. The van der Waals surface area contributed by atoms with E-state index < -0.39 is 49.5 Å². The summed E-state index contributed by atoms with van der Waals surface area (Å²) in [5.41, 5.74) is 1.60. The molecule has 32 heavy (non-hydrogen) atoms. The molecule has 5 heterocycles. The fourth-order valence-electron chi connectivity index (χ4n) is 5.12. The summed E-state index contributed by atoms with van der Waals surface area (Å²) in [6.07, 6.45) is -0.249. The molecule has 0 bridgehead atoms. The van der Waals surface area contributed by atoms with Crippen molar-refractivity contribution >= 4 is 5.91 Å². The van der Waals surface area contributed by atoms with Crippen molar-refractivity contribution in [2.75, 3.05) is 13.2 Å². The Bertz CT molecular complexity index is 917. The summed E-state index contributed by atoms with van der Waals surface area (Å²) < 4.78 is 19.0. The van der Waals surface area contributed by atoms with Crippen molar-refractivity contribution in [2.45, 2.75) is 56.0 Å². The molecule has 1 aromatic rings. The highest BCUT2D eigenvalue weighted by Gasteiger charge is 2.50. The van der Waals surface area contributed by atoms with Crippen LogP contribution in [0.5, 0.6) is 0 Å². The number of aliphatic hydroxyl groups excluding tert-OH is 4. The van der Waals surface area contributed by atoms with Crippen LogP contribution in [-0.4, -0.2) is 90.9 Å². The number of aromatic nitrogens is 2. The molecule has 0 spiro atoms. The van der Waals surface area contributed by atoms with Crippen LogP contribution in [0.2, 0.25) is 0 Å². The van der Waals surface area contributed by atoms with Gasteiger partial charge in [0.25, 0.3) is 5.91 Å². The lowest BCUT2D eigenvalue weighted by Crippen LogP contribution is -2.60. The average Bonchev–Trinajstić information content (AvgIpc) is 3.29. The maximum absolute atomic E-state index is 13.2. The monoisotopic (exact) mass is 449 g/mol. The average molecular weight is 449 g/mol. The molecule has 1 aromatic heterocycles. The number of imidazole rings is 1. The zero-order valence-corrected chi connectivity index (χ0v) is 17.3. The highest BCUT2D eigenvalue weighted by Crippen LogP contribution is 2.45. The van der Waals surface area contributed by atoms with Gasteiger partial charge >= 0.3 is 0 Å². The Morgan fingerprint density at radius 2 is 2.06 bits per heavy atom. The van der Waals surface area contributed by atoms with E-state index in [9.17, 15) is 25.2 Å². The van der Waals surface area contributed by atoms with E-state index in [1.165, 1.54) is 6.26 Å².